The molecule has 30 heavy (non-hydrogen) atoms. The summed E-state index contributed by atoms with van der Waals surface area (Å²) in [5, 5.41) is 11.1. The van der Waals surface area contributed by atoms with Crippen LogP contribution in [0.25, 0.3) is 0 Å². The molecule has 0 aromatic heterocycles. The van der Waals surface area contributed by atoms with E-state index in [1.807, 2.05) is 0 Å². The van der Waals surface area contributed by atoms with Gasteiger partial charge in [-0.15, -0.1) is 0 Å². The second-order valence-corrected chi connectivity index (χ2v) is 10.5. The normalized spacial score (nSPS) is 29.8. The number of nitrogens with zero attached hydrogens (tertiary/aromatic N) is 3. The number of aliphatic hydroxyl groups is 1. The summed E-state index contributed by atoms with van der Waals surface area (Å²) in [4.78, 5) is 7.76. The number of piperidine rings is 1. The standard InChI is InChI=1S/C26H41N3O/c30-25(29-19-17-28(18-20-29)23-9-5-2-6-10-23)24-21-26(24)12-15-27(16-13-26)14-11-22-7-3-1-4-8-22/h1,3-4,7-8,23-25,30H,2,5-6,9-21H2/t24?,25-/m1/s1. The third-order valence-electron chi connectivity index (χ3n) is 8.84. The first kappa shape index (κ1) is 20.9. The van der Waals surface area contributed by atoms with Gasteiger partial charge in [-0.05, 0) is 62.6 Å². The molecule has 2 heterocycles. The molecule has 2 atom stereocenters. The van der Waals surface area contributed by atoms with Crippen molar-refractivity contribution in [1.29, 1.82) is 0 Å². The Kier molecular flexibility index (Phi) is 6.47. The predicted molar refractivity (Wildman–Crippen MR) is 122 cm³/mol. The number of benzene rings is 1. The van der Waals surface area contributed by atoms with Gasteiger partial charge >= 0.3 is 0 Å². The fourth-order valence-electron chi connectivity index (χ4n) is 6.60. The van der Waals surface area contributed by atoms with Crippen LogP contribution in [0.4, 0.5) is 0 Å². The third kappa shape index (κ3) is 4.62. The van der Waals surface area contributed by atoms with Crippen LogP contribution in [0.2, 0.25) is 0 Å². The van der Waals surface area contributed by atoms with Crippen LogP contribution in [-0.4, -0.2) is 77.9 Å². The maximum Gasteiger partial charge on any atom is 0.110 e. The van der Waals surface area contributed by atoms with Gasteiger partial charge in [0.25, 0.3) is 0 Å². The van der Waals surface area contributed by atoms with E-state index in [1.54, 1.807) is 0 Å². The molecular weight excluding hydrogens is 370 g/mol. The van der Waals surface area contributed by atoms with E-state index < -0.39 is 0 Å². The third-order valence-corrected chi connectivity index (χ3v) is 8.84. The second-order valence-electron chi connectivity index (χ2n) is 10.5. The van der Waals surface area contributed by atoms with Crippen molar-refractivity contribution in [2.45, 2.75) is 70.1 Å². The Morgan fingerprint density at radius 2 is 1.60 bits per heavy atom. The molecule has 1 unspecified atom stereocenters. The van der Waals surface area contributed by atoms with Gasteiger partial charge in [-0.1, -0.05) is 49.6 Å². The van der Waals surface area contributed by atoms with Gasteiger partial charge < -0.3 is 10.0 Å². The topological polar surface area (TPSA) is 30.0 Å². The van der Waals surface area contributed by atoms with Crippen molar-refractivity contribution in [2.75, 3.05) is 45.8 Å². The van der Waals surface area contributed by atoms with Gasteiger partial charge in [-0.25, -0.2) is 0 Å². The van der Waals surface area contributed by atoms with Crippen LogP contribution >= 0.6 is 0 Å². The molecule has 2 aliphatic heterocycles. The quantitative estimate of drug-likeness (QED) is 0.775. The van der Waals surface area contributed by atoms with Gasteiger partial charge in [-0.2, -0.15) is 0 Å². The molecule has 0 radical (unpaired) electrons. The Bertz CT molecular complexity index is 658. The number of aliphatic hydroxyl groups excluding tert-OH is 1. The van der Waals surface area contributed by atoms with Crippen LogP contribution in [-0.2, 0) is 6.42 Å². The molecule has 1 aromatic carbocycles. The SMILES string of the molecule is O[C@H](C1CC12CCN(CCc1ccccc1)CC2)N1CCN(C2CCCCC2)CC1. The van der Waals surface area contributed by atoms with E-state index in [1.165, 1.54) is 76.6 Å². The number of hydrogen-bond acceptors (Lipinski definition) is 4. The van der Waals surface area contributed by atoms with Crippen molar-refractivity contribution in [1.82, 2.24) is 14.7 Å². The Morgan fingerprint density at radius 3 is 2.30 bits per heavy atom. The first-order valence-corrected chi connectivity index (χ1v) is 12.7. The highest BCUT2D eigenvalue weighted by molar-refractivity contribution is 5.15. The zero-order valence-corrected chi connectivity index (χ0v) is 18.7. The molecule has 5 rings (SSSR count). The molecule has 4 aliphatic rings. The zero-order valence-electron chi connectivity index (χ0n) is 18.7. The van der Waals surface area contributed by atoms with Crippen LogP contribution in [0, 0.1) is 11.3 Å². The molecule has 4 heteroatoms. The highest BCUT2D eigenvalue weighted by Crippen LogP contribution is 2.61. The maximum atomic E-state index is 11.1. The fourth-order valence-corrected chi connectivity index (χ4v) is 6.60. The Balaban J connectivity index is 1.05. The van der Waals surface area contributed by atoms with E-state index in [0.29, 0.717) is 11.3 Å². The smallest absolute Gasteiger partial charge is 0.110 e. The summed E-state index contributed by atoms with van der Waals surface area (Å²) in [6.07, 6.45) is 11.8. The maximum absolute atomic E-state index is 11.1. The molecule has 4 nitrogen and oxygen atoms in total. The Morgan fingerprint density at radius 1 is 0.900 bits per heavy atom. The molecule has 2 aliphatic carbocycles. The van der Waals surface area contributed by atoms with Crippen LogP contribution in [0.5, 0.6) is 0 Å². The summed E-state index contributed by atoms with van der Waals surface area (Å²) >= 11 is 0. The summed E-state index contributed by atoms with van der Waals surface area (Å²) < 4.78 is 0. The number of piperazine rings is 1. The molecule has 1 aromatic rings. The highest BCUT2D eigenvalue weighted by atomic mass is 16.3. The van der Waals surface area contributed by atoms with Crippen molar-refractivity contribution in [2.24, 2.45) is 11.3 Å². The fraction of sp³-hybridized carbons (Fsp3) is 0.769. The van der Waals surface area contributed by atoms with Gasteiger partial charge in [0, 0.05) is 44.7 Å². The molecule has 2 saturated heterocycles. The van der Waals surface area contributed by atoms with Gasteiger partial charge in [0.05, 0.1) is 0 Å². The van der Waals surface area contributed by atoms with Crippen molar-refractivity contribution in [3.63, 3.8) is 0 Å². The van der Waals surface area contributed by atoms with Crippen molar-refractivity contribution < 1.29 is 5.11 Å². The average molecular weight is 412 g/mol. The van der Waals surface area contributed by atoms with E-state index >= 15 is 0 Å². The van der Waals surface area contributed by atoms with E-state index in [0.717, 1.165) is 38.6 Å². The summed E-state index contributed by atoms with van der Waals surface area (Å²) in [5.41, 5.74) is 1.90. The van der Waals surface area contributed by atoms with Crippen molar-refractivity contribution in [3.05, 3.63) is 35.9 Å². The monoisotopic (exact) mass is 411 g/mol. The Hall–Kier alpha value is -0.940. The van der Waals surface area contributed by atoms with Crippen LogP contribution < -0.4 is 0 Å². The minimum Gasteiger partial charge on any atom is -0.378 e. The first-order valence-electron chi connectivity index (χ1n) is 12.7. The van der Waals surface area contributed by atoms with E-state index in [2.05, 4.69) is 45.0 Å². The predicted octanol–water partition coefficient (Wildman–Crippen LogP) is 3.60. The lowest BCUT2D eigenvalue weighted by molar-refractivity contribution is -0.0576. The Labute approximate surface area is 183 Å². The lowest BCUT2D eigenvalue weighted by Crippen LogP contribution is -2.54. The van der Waals surface area contributed by atoms with Gasteiger partial charge in [0.2, 0.25) is 0 Å². The molecule has 4 fully saturated rings. The summed E-state index contributed by atoms with van der Waals surface area (Å²) in [6.45, 7) is 8.05. The van der Waals surface area contributed by atoms with E-state index in [9.17, 15) is 5.11 Å². The molecule has 166 valence electrons. The molecule has 1 spiro atoms. The van der Waals surface area contributed by atoms with Crippen molar-refractivity contribution in [3.8, 4) is 0 Å². The summed E-state index contributed by atoms with van der Waals surface area (Å²) in [6, 6.07) is 11.7. The van der Waals surface area contributed by atoms with Gasteiger partial charge in [0.1, 0.15) is 6.23 Å². The minimum absolute atomic E-state index is 0.200. The molecule has 0 bridgehead atoms. The average Bonchev–Trinajstić information content (AvgIpc) is 3.53. The number of rotatable bonds is 6. The molecular formula is C26H41N3O. The van der Waals surface area contributed by atoms with E-state index in [4.69, 9.17) is 0 Å². The zero-order chi connectivity index (χ0) is 20.4. The largest absolute Gasteiger partial charge is 0.378 e. The lowest BCUT2D eigenvalue weighted by atomic mass is 9.90. The number of hydrogen-bond donors (Lipinski definition) is 1. The lowest BCUT2D eigenvalue weighted by Gasteiger charge is -2.43. The minimum atomic E-state index is -0.200. The summed E-state index contributed by atoms with van der Waals surface area (Å²) in [7, 11) is 0. The van der Waals surface area contributed by atoms with Crippen LogP contribution in [0.15, 0.2) is 30.3 Å². The van der Waals surface area contributed by atoms with E-state index in [-0.39, 0.29) is 6.23 Å². The van der Waals surface area contributed by atoms with Gasteiger partial charge in [-0.3, -0.25) is 9.80 Å². The molecule has 0 amide bonds. The van der Waals surface area contributed by atoms with Crippen LogP contribution in [0.3, 0.4) is 0 Å². The summed E-state index contributed by atoms with van der Waals surface area (Å²) in [5.74, 6) is 0.523. The second kappa shape index (κ2) is 9.28. The first-order chi connectivity index (χ1) is 14.7. The molecule has 1 N–H and O–H groups in total. The molecule has 2 saturated carbocycles. The highest BCUT2D eigenvalue weighted by Gasteiger charge is 2.58. The van der Waals surface area contributed by atoms with Crippen LogP contribution in [0.1, 0.15) is 56.9 Å². The van der Waals surface area contributed by atoms with Crippen molar-refractivity contribution >= 4 is 0 Å². The number of likely N-dealkylation sites (tertiary alicyclic amines) is 1. The van der Waals surface area contributed by atoms with Gasteiger partial charge in [0.15, 0.2) is 0 Å².